The van der Waals surface area contributed by atoms with E-state index >= 15 is 0 Å². The maximum absolute atomic E-state index is 11.8. The number of aliphatic hydroxyl groups excluding tert-OH is 1. The summed E-state index contributed by atoms with van der Waals surface area (Å²) in [5.74, 6) is -1.19. The number of carbonyl (C=O) groups is 1. The molecule has 94 valence electrons. The van der Waals surface area contributed by atoms with Crippen molar-refractivity contribution in [2.24, 2.45) is 0 Å². The normalized spacial score (nSPS) is 12.4. The lowest BCUT2D eigenvalue weighted by Gasteiger charge is -2.13. The highest BCUT2D eigenvalue weighted by atomic mass is 79.9. The minimum atomic E-state index is -1.19. The van der Waals surface area contributed by atoms with Gasteiger partial charge in [-0.25, -0.2) is 4.79 Å². The third kappa shape index (κ3) is 2.83. The molecule has 0 spiro atoms. The molecule has 8 heteroatoms. The Morgan fingerprint density at radius 1 is 1.53 bits per heavy atom. The first kappa shape index (κ1) is 13.7. The number of aliphatic carboxylic acids is 1. The molecule has 0 saturated carbocycles. The molecule has 0 aromatic carbocycles. The van der Waals surface area contributed by atoms with Gasteiger partial charge in [0, 0.05) is 6.20 Å². The van der Waals surface area contributed by atoms with Crippen LogP contribution in [0.3, 0.4) is 0 Å². The van der Waals surface area contributed by atoms with Crippen LogP contribution in [-0.4, -0.2) is 31.9 Å². The Labute approximate surface area is 104 Å². The molecule has 17 heavy (non-hydrogen) atoms. The smallest absolute Gasteiger partial charge is 0.331 e. The molecular formula is C9H11BrN2O5. The highest BCUT2D eigenvalue weighted by molar-refractivity contribution is 9.10. The number of nitrogens with zero attached hydrogens (tertiary/aromatic N) is 2. The first-order chi connectivity index (χ1) is 7.88. The number of aliphatic hydroxyl groups is 1. The van der Waals surface area contributed by atoms with E-state index < -0.39 is 36.4 Å². The van der Waals surface area contributed by atoms with Gasteiger partial charge in [-0.1, -0.05) is 0 Å². The van der Waals surface area contributed by atoms with Crippen molar-refractivity contribution >= 4 is 21.9 Å². The van der Waals surface area contributed by atoms with Crippen molar-refractivity contribution in [2.45, 2.75) is 19.5 Å². The number of hydrogen-bond acceptors (Lipinski definition) is 4. The first-order valence-corrected chi connectivity index (χ1v) is 5.52. The minimum Gasteiger partial charge on any atom is -0.480 e. The maximum atomic E-state index is 11.8. The molecule has 0 aliphatic carbocycles. The third-order valence-electron chi connectivity index (χ3n) is 2.15. The zero-order valence-corrected chi connectivity index (χ0v) is 10.5. The molecule has 1 aromatic heterocycles. The van der Waals surface area contributed by atoms with Crippen LogP contribution in [0.5, 0.6) is 0 Å². The number of hydrogen-bond donors (Lipinski definition) is 2. The summed E-state index contributed by atoms with van der Waals surface area (Å²) in [6, 6.07) is -0.715. The molecule has 0 aliphatic rings. The average molecular weight is 307 g/mol. The SMILES string of the molecule is CC(CO)n1c(=O)c(Br)cn(CC(=O)O)c1=O. The second kappa shape index (κ2) is 5.28. The summed E-state index contributed by atoms with van der Waals surface area (Å²) in [6.07, 6.45) is 1.12. The standard InChI is InChI=1S/C9H11BrN2O5/c1-5(4-13)12-8(16)6(10)2-11(9(12)17)3-7(14)15/h2,5,13H,3-4H2,1H3,(H,14,15). The number of rotatable bonds is 4. The summed E-state index contributed by atoms with van der Waals surface area (Å²) in [5, 5.41) is 17.6. The highest BCUT2D eigenvalue weighted by Crippen LogP contribution is 2.03. The number of carboxylic acids is 1. The Bertz CT molecular complexity index is 547. The van der Waals surface area contributed by atoms with E-state index in [-0.39, 0.29) is 4.47 Å². The zero-order chi connectivity index (χ0) is 13.2. The van der Waals surface area contributed by atoms with Crippen molar-refractivity contribution < 1.29 is 15.0 Å². The van der Waals surface area contributed by atoms with Gasteiger partial charge in [0.25, 0.3) is 5.56 Å². The van der Waals surface area contributed by atoms with Crippen LogP contribution in [0, 0.1) is 0 Å². The highest BCUT2D eigenvalue weighted by Gasteiger charge is 2.15. The van der Waals surface area contributed by atoms with Gasteiger partial charge in [-0.2, -0.15) is 0 Å². The van der Waals surface area contributed by atoms with Gasteiger partial charge >= 0.3 is 11.7 Å². The molecule has 0 amide bonds. The van der Waals surface area contributed by atoms with E-state index in [9.17, 15) is 14.4 Å². The molecular weight excluding hydrogens is 296 g/mol. The minimum absolute atomic E-state index is 0.0682. The van der Waals surface area contributed by atoms with Crippen LogP contribution in [0.15, 0.2) is 20.3 Å². The predicted octanol–water partition coefficient (Wildman–Crippen LogP) is -0.590. The number of carboxylic acid groups (broad SMARTS) is 1. The van der Waals surface area contributed by atoms with Gasteiger partial charge in [0.15, 0.2) is 0 Å². The van der Waals surface area contributed by atoms with Crippen LogP contribution >= 0.6 is 15.9 Å². The Morgan fingerprint density at radius 2 is 2.12 bits per heavy atom. The second-order valence-corrected chi connectivity index (χ2v) is 4.34. The van der Waals surface area contributed by atoms with Crippen LogP contribution in [0.1, 0.15) is 13.0 Å². The van der Waals surface area contributed by atoms with Crippen molar-refractivity contribution in [3.8, 4) is 0 Å². The van der Waals surface area contributed by atoms with Crippen LogP contribution in [0.25, 0.3) is 0 Å². The van der Waals surface area contributed by atoms with Crippen LogP contribution < -0.4 is 11.2 Å². The fourth-order valence-corrected chi connectivity index (χ4v) is 1.76. The molecule has 0 radical (unpaired) electrons. The van der Waals surface area contributed by atoms with E-state index in [4.69, 9.17) is 10.2 Å². The second-order valence-electron chi connectivity index (χ2n) is 3.49. The van der Waals surface area contributed by atoms with Crippen molar-refractivity contribution in [1.82, 2.24) is 9.13 Å². The zero-order valence-electron chi connectivity index (χ0n) is 8.96. The van der Waals surface area contributed by atoms with Crippen molar-refractivity contribution in [3.05, 3.63) is 31.5 Å². The lowest BCUT2D eigenvalue weighted by molar-refractivity contribution is -0.137. The first-order valence-electron chi connectivity index (χ1n) is 4.72. The molecule has 0 aliphatic heterocycles. The van der Waals surface area contributed by atoms with Crippen molar-refractivity contribution in [2.75, 3.05) is 6.61 Å². The van der Waals surface area contributed by atoms with Gasteiger partial charge < -0.3 is 10.2 Å². The molecule has 1 atom stereocenters. The summed E-state index contributed by atoms with van der Waals surface area (Å²) in [4.78, 5) is 34.0. The predicted molar refractivity (Wildman–Crippen MR) is 62.1 cm³/mol. The van der Waals surface area contributed by atoms with Crippen LogP contribution in [0.2, 0.25) is 0 Å². The Hall–Kier alpha value is -1.41. The van der Waals surface area contributed by atoms with E-state index in [1.807, 2.05) is 0 Å². The van der Waals surface area contributed by atoms with E-state index in [2.05, 4.69) is 15.9 Å². The van der Waals surface area contributed by atoms with Gasteiger partial charge in [-0.15, -0.1) is 0 Å². The average Bonchev–Trinajstić information content (AvgIpc) is 2.25. The summed E-state index contributed by atoms with van der Waals surface area (Å²) in [5.41, 5.74) is -1.36. The molecule has 1 heterocycles. The van der Waals surface area contributed by atoms with E-state index in [1.54, 1.807) is 0 Å². The Morgan fingerprint density at radius 3 is 2.59 bits per heavy atom. The molecule has 2 N–H and O–H groups in total. The van der Waals surface area contributed by atoms with Crippen LogP contribution in [-0.2, 0) is 11.3 Å². The monoisotopic (exact) mass is 306 g/mol. The number of halogens is 1. The molecule has 0 bridgehead atoms. The van der Waals surface area contributed by atoms with Crippen molar-refractivity contribution in [1.29, 1.82) is 0 Å². The fraction of sp³-hybridized carbons (Fsp3) is 0.444. The van der Waals surface area contributed by atoms with Crippen LogP contribution in [0.4, 0.5) is 0 Å². The lowest BCUT2D eigenvalue weighted by atomic mass is 10.3. The Kier molecular flexibility index (Phi) is 4.24. The fourth-order valence-electron chi connectivity index (χ4n) is 1.32. The molecule has 1 aromatic rings. The molecule has 1 unspecified atom stereocenters. The molecule has 0 saturated heterocycles. The van der Waals surface area contributed by atoms with Gasteiger partial charge in [-0.05, 0) is 22.9 Å². The third-order valence-corrected chi connectivity index (χ3v) is 2.70. The van der Waals surface area contributed by atoms with Gasteiger partial charge in [-0.3, -0.25) is 18.7 Å². The maximum Gasteiger partial charge on any atom is 0.331 e. The lowest BCUT2D eigenvalue weighted by Crippen LogP contribution is -2.43. The summed E-state index contributed by atoms with van der Waals surface area (Å²) >= 11 is 2.95. The van der Waals surface area contributed by atoms with Gasteiger partial charge in [0.2, 0.25) is 0 Å². The molecule has 1 rings (SSSR count). The van der Waals surface area contributed by atoms with E-state index in [0.717, 1.165) is 15.3 Å². The van der Waals surface area contributed by atoms with Gasteiger partial charge in [0.1, 0.15) is 6.54 Å². The Balaban J connectivity index is 3.48. The molecule has 0 fully saturated rings. The number of aromatic nitrogens is 2. The largest absolute Gasteiger partial charge is 0.480 e. The van der Waals surface area contributed by atoms with E-state index in [0.29, 0.717) is 0 Å². The topological polar surface area (TPSA) is 102 Å². The summed E-state index contributed by atoms with van der Waals surface area (Å²) in [6.45, 7) is 0.550. The summed E-state index contributed by atoms with van der Waals surface area (Å²) < 4.78 is 1.77. The molecule has 7 nitrogen and oxygen atoms in total. The van der Waals surface area contributed by atoms with Crippen molar-refractivity contribution in [3.63, 3.8) is 0 Å². The van der Waals surface area contributed by atoms with E-state index in [1.165, 1.54) is 6.92 Å². The van der Waals surface area contributed by atoms with Gasteiger partial charge in [0.05, 0.1) is 17.1 Å². The quantitative estimate of drug-likeness (QED) is 0.774. The summed E-state index contributed by atoms with van der Waals surface area (Å²) in [7, 11) is 0.